The molecule has 0 saturated carbocycles. The maximum atomic E-state index is 12.1. The third-order valence-corrected chi connectivity index (χ3v) is 3.14. The van der Waals surface area contributed by atoms with Crippen molar-refractivity contribution in [1.29, 1.82) is 0 Å². The van der Waals surface area contributed by atoms with E-state index in [0.717, 1.165) is 0 Å². The van der Waals surface area contributed by atoms with E-state index in [4.69, 9.17) is 0 Å². The average molecular weight is 264 g/mol. The summed E-state index contributed by atoms with van der Waals surface area (Å²) in [5, 5.41) is 6.84. The first-order valence-electron chi connectivity index (χ1n) is 6.54. The Labute approximate surface area is 112 Å². The summed E-state index contributed by atoms with van der Waals surface area (Å²) >= 11 is 0. The molecule has 2 heterocycles. The molecule has 1 atom stereocenters. The van der Waals surface area contributed by atoms with Gasteiger partial charge in [0, 0.05) is 38.8 Å². The van der Waals surface area contributed by atoms with Crippen molar-refractivity contribution in [2.24, 2.45) is 18.9 Å². The molecule has 1 aliphatic rings. The second-order valence-corrected chi connectivity index (χ2v) is 5.46. The molecule has 0 spiro atoms. The molecule has 2 amide bonds. The highest BCUT2D eigenvalue weighted by atomic mass is 16.2. The van der Waals surface area contributed by atoms with Crippen LogP contribution in [-0.2, 0) is 16.6 Å². The Hall–Kier alpha value is -1.85. The highest BCUT2D eigenvalue weighted by Gasteiger charge is 2.34. The van der Waals surface area contributed by atoms with Crippen molar-refractivity contribution < 1.29 is 9.59 Å². The van der Waals surface area contributed by atoms with Gasteiger partial charge in [0.25, 0.3) is 0 Å². The van der Waals surface area contributed by atoms with Crippen LogP contribution < -0.4 is 5.32 Å². The minimum absolute atomic E-state index is 0.0647. The van der Waals surface area contributed by atoms with E-state index in [2.05, 4.69) is 24.3 Å². The van der Waals surface area contributed by atoms with Gasteiger partial charge < -0.3 is 10.2 Å². The van der Waals surface area contributed by atoms with E-state index < -0.39 is 0 Å². The zero-order valence-corrected chi connectivity index (χ0v) is 11.6. The number of anilines is 1. The zero-order chi connectivity index (χ0) is 14.0. The van der Waals surface area contributed by atoms with Crippen LogP contribution in [0.15, 0.2) is 12.3 Å². The third kappa shape index (κ3) is 3.33. The molecule has 104 valence electrons. The number of hydrogen-bond acceptors (Lipinski definition) is 3. The summed E-state index contributed by atoms with van der Waals surface area (Å²) in [6, 6.07) is 1.74. The first-order chi connectivity index (χ1) is 8.95. The van der Waals surface area contributed by atoms with Crippen molar-refractivity contribution in [2.45, 2.75) is 20.3 Å². The number of amides is 2. The van der Waals surface area contributed by atoms with Crippen molar-refractivity contribution in [2.75, 3.05) is 18.4 Å². The highest BCUT2D eigenvalue weighted by molar-refractivity contribution is 5.96. The lowest BCUT2D eigenvalue weighted by Gasteiger charge is -2.18. The van der Waals surface area contributed by atoms with Gasteiger partial charge in [-0.1, -0.05) is 13.8 Å². The number of aryl methyl sites for hydroxylation is 1. The summed E-state index contributed by atoms with van der Waals surface area (Å²) in [6.45, 7) is 5.35. The van der Waals surface area contributed by atoms with E-state index in [0.29, 0.717) is 31.2 Å². The largest absolute Gasteiger partial charge is 0.342 e. The molecular formula is C13H20N4O2. The lowest BCUT2D eigenvalue weighted by atomic mass is 10.1. The van der Waals surface area contributed by atoms with Crippen LogP contribution in [0, 0.1) is 11.8 Å². The molecular weight excluding hydrogens is 244 g/mol. The van der Waals surface area contributed by atoms with Gasteiger partial charge in [0.05, 0.1) is 5.92 Å². The van der Waals surface area contributed by atoms with Gasteiger partial charge in [-0.05, 0) is 5.92 Å². The summed E-state index contributed by atoms with van der Waals surface area (Å²) in [6.07, 6.45) is 2.06. The van der Waals surface area contributed by atoms with Crippen LogP contribution in [0.4, 0.5) is 5.82 Å². The fourth-order valence-corrected chi connectivity index (χ4v) is 2.28. The highest BCUT2D eigenvalue weighted by Crippen LogP contribution is 2.20. The monoisotopic (exact) mass is 264 g/mol. The van der Waals surface area contributed by atoms with Gasteiger partial charge in [-0.25, -0.2) is 0 Å². The standard InChI is InChI=1S/C13H20N4O2/c1-9(2)7-17-8-10(6-12(17)18)13(19)14-11-4-5-16(3)15-11/h4-5,9-10H,6-8H2,1-3H3,(H,14,15,19)/t10-/m1/s1. The Balaban J connectivity index is 1.92. The SMILES string of the molecule is CC(C)CN1C[C@H](C(=O)Nc2ccn(C)n2)CC1=O. The quantitative estimate of drug-likeness (QED) is 0.877. The Morgan fingerprint density at radius 1 is 1.58 bits per heavy atom. The van der Waals surface area contributed by atoms with Crippen LogP contribution >= 0.6 is 0 Å². The number of hydrogen-bond donors (Lipinski definition) is 1. The number of rotatable bonds is 4. The summed E-state index contributed by atoms with van der Waals surface area (Å²) in [7, 11) is 1.79. The second-order valence-electron chi connectivity index (χ2n) is 5.46. The predicted molar refractivity (Wildman–Crippen MR) is 71.4 cm³/mol. The summed E-state index contributed by atoms with van der Waals surface area (Å²) in [5.41, 5.74) is 0. The minimum atomic E-state index is -0.270. The first kappa shape index (κ1) is 13.6. The van der Waals surface area contributed by atoms with E-state index in [1.807, 2.05) is 0 Å². The fraction of sp³-hybridized carbons (Fsp3) is 0.615. The van der Waals surface area contributed by atoms with Crippen molar-refractivity contribution in [1.82, 2.24) is 14.7 Å². The Morgan fingerprint density at radius 3 is 2.89 bits per heavy atom. The van der Waals surface area contributed by atoms with Crippen LogP contribution in [0.5, 0.6) is 0 Å². The molecule has 0 radical (unpaired) electrons. The number of likely N-dealkylation sites (tertiary alicyclic amines) is 1. The molecule has 0 aliphatic carbocycles. The smallest absolute Gasteiger partial charge is 0.230 e. The average Bonchev–Trinajstić information content (AvgIpc) is 2.86. The molecule has 0 aromatic carbocycles. The van der Waals surface area contributed by atoms with E-state index in [9.17, 15) is 9.59 Å². The predicted octanol–water partition coefficient (Wildman–Crippen LogP) is 0.863. The molecule has 1 aliphatic heterocycles. The minimum Gasteiger partial charge on any atom is -0.342 e. The van der Waals surface area contributed by atoms with Crippen molar-refractivity contribution >= 4 is 17.6 Å². The van der Waals surface area contributed by atoms with Gasteiger partial charge in [-0.15, -0.1) is 0 Å². The maximum absolute atomic E-state index is 12.1. The second kappa shape index (κ2) is 5.42. The Bertz CT molecular complexity index is 481. The maximum Gasteiger partial charge on any atom is 0.230 e. The van der Waals surface area contributed by atoms with Gasteiger partial charge >= 0.3 is 0 Å². The summed E-state index contributed by atoms with van der Waals surface area (Å²) < 4.78 is 1.63. The van der Waals surface area contributed by atoms with Gasteiger partial charge in [-0.3, -0.25) is 14.3 Å². The van der Waals surface area contributed by atoms with Crippen LogP contribution in [0.3, 0.4) is 0 Å². The zero-order valence-electron chi connectivity index (χ0n) is 11.6. The van der Waals surface area contributed by atoms with Crippen LogP contribution in [-0.4, -0.2) is 39.6 Å². The molecule has 0 unspecified atom stereocenters. The molecule has 2 rings (SSSR count). The van der Waals surface area contributed by atoms with E-state index in [1.165, 1.54) is 0 Å². The lowest BCUT2D eigenvalue weighted by Crippen LogP contribution is -2.31. The van der Waals surface area contributed by atoms with Crippen molar-refractivity contribution in [3.8, 4) is 0 Å². The fourth-order valence-electron chi connectivity index (χ4n) is 2.28. The van der Waals surface area contributed by atoms with Gasteiger partial charge in [-0.2, -0.15) is 5.10 Å². The van der Waals surface area contributed by atoms with Gasteiger partial charge in [0.2, 0.25) is 11.8 Å². The van der Waals surface area contributed by atoms with E-state index in [1.54, 1.807) is 28.9 Å². The van der Waals surface area contributed by atoms with Crippen LogP contribution in [0.2, 0.25) is 0 Å². The van der Waals surface area contributed by atoms with E-state index >= 15 is 0 Å². The lowest BCUT2D eigenvalue weighted by molar-refractivity contribution is -0.128. The first-order valence-corrected chi connectivity index (χ1v) is 6.54. The van der Waals surface area contributed by atoms with Crippen LogP contribution in [0.25, 0.3) is 0 Å². The Morgan fingerprint density at radius 2 is 2.32 bits per heavy atom. The third-order valence-electron chi connectivity index (χ3n) is 3.14. The van der Waals surface area contributed by atoms with E-state index in [-0.39, 0.29) is 17.7 Å². The molecule has 6 nitrogen and oxygen atoms in total. The number of carbonyl (C=O) groups is 2. The summed E-state index contributed by atoms with van der Waals surface area (Å²) in [4.78, 5) is 25.6. The van der Waals surface area contributed by atoms with Crippen LogP contribution in [0.1, 0.15) is 20.3 Å². The normalized spacial score (nSPS) is 19.3. The van der Waals surface area contributed by atoms with Gasteiger partial charge in [0.15, 0.2) is 5.82 Å². The molecule has 1 saturated heterocycles. The molecule has 0 bridgehead atoms. The molecule has 1 fully saturated rings. The molecule has 6 heteroatoms. The molecule has 1 N–H and O–H groups in total. The summed E-state index contributed by atoms with van der Waals surface area (Å²) in [5.74, 6) is 0.616. The Kier molecular flexibility index (Phi) is 3.87. The molecule has 1 aromatic rings. The number of aromatic nitrogens is 2. The van der Waals surface area contributed by atoms with Gasteiger partial charge in [0.1, 0.15) is 0 Å². The number of nitrogens with zero attached hydrogens (tertiary/aromatic N) is 3. The number of nitrogens with one attached hydrogen (secondary N) is 1. The van der Waals surface area contributed by atoms with Crippen molar-refractivity contribution in [3.63, 3.8) is 0 Å². The molecule has 19 heavy (non-hydrogen) atoms. The number of carbonyl (C=O) groups excluding carboxylic acids is 2. The van der Waals surface area contributed by atoms with Crippen molar-refractivity contribution in [3.05, 3.63) is 12.3 Å². The topological polar surface area (TPSA) is 67.2 Å². The molecule has 1 aromatic heterocycles.